The molecule has 35 heavy (non-hydrogen) atoms. The van der Waals surface area contributed by atoms with E-state index in [4.69, 9.17) is 9.97 Å². The van der Waals surface area contributed by atoms with Crippen molar-refractivity contribution in [2.24, 2.45) is 0 Å². The number of imidazole rings is 2. The summed E-state index contributed by atoms with van der Waals surface area (Å²) >= 11 is 4.89. The van der Waals surface area contributed by atoms with Crippen LogP contribution in [-0.4, -0.2) is 18.8 Å². The first-order chi connectivity index (χ1) is 16.9. The van der Waals surface area contributed by atoms with Crippen LogP contribution in [-0.2, 0) is 12.8 Å². The summed E-state index contributed by atoms with van der Waals surface area (Å²) in [6.07, 6.45) is 1.70. The third-order valence-electron chi connectivity index (χ3n) is 7.46. The molecule has 0 aliphatic rings. The molecule has 7 aromatic heterocycles. The second-order valence-corrected chi connectivity index (χ2v) is 12.5. The minimum absolute atomic E-state index is 0.0651. The highest BCUT2D eigenvalue weighted by Crippen LogP contribution is 2.44. The van der Waals surface area contributed by atoms with Gasteiger partial charge in [0, 0.05) is 31.3 Å². The van der Waals surface area contributed by atoms with E-state index in [9.17, 15) is 9.59 Å². The number of hydrogen-bond acceptors (Lipinski definition) is 7. The predicted octanol–water partition coefficient (Wildman–Crippen LogP) is 6.27. The maximum absolute atomic E-state index is 13.8. The van der Waals surface area contributed by atoms with Crippen LogP contribution in [0.5, 0.6) is 0 Å². The minimum atomic E-state index is -0.0651. The minimum Gasteiger partial charge on any atom is -0.268 e. The molecule has 0 spiro atoms. The fraction of sp³-hybridized carbons (Fsp3) is 0.231. The second kappa shape index (κ2) is 6.34. The number of fused-ring (bicyclic) bond motifs is 8. The molecular formula is C26H18N4O2S3. The normalized spacial score (nSPS) is 13.0. The molecule has 0 amide bonds. The Hall–Kier alpha value is -3.14. The van der Waals surface area contributed by atoms with Gasteiger partial charge in [0.05, 0.1) is 20.4 Å². The number of aromatic nitrogens is 4. The van der Waals surface area contributed by atoms with Crippen molar-refractivity contribution in [2.75, 3.05) is 0 Å². The lowest BCUT2D eigenvalue weighted by Gasteiger charge is -2.05. The van der Waals surface area contributed by atoms with Crippen LogP contribution in [0.4, 0.5) is 0 Å². The molecule has 1 aromatic carbocycles. The molecule has 8 aromatic rings. The van der Waals surface area contributed by atoms with Gasteiger partial charge in [-0.15, -0.1) is 34.0 Å². The van der Waals surface area contributed by atoms with E-state index in [0.29, 0.717) is 22.1 Å². The largest absolute Gasteiger partial charge is 0.268 e. The highest BCUT2D eigenvalue weighted by Gasteiger charge is 2.27. The topological polar surface area (TPSA) is 68.7 Å². The zero-order valence-corrected chi connectivity index (χ0v) is 21.8. The van der Waals surface area contributed by atoms with E-state index in [1.54, 1.807) is 42.8 Å². The highest BCUT2D eigenvalue weighted by molar-refractivity contribution is 7.27. The Balaban J connectivity index is 1.68. The average molecular weight is 515 g/mol. The van der Waals surface area contributed by atoms with Gasteiger partial charge in [0.25, 0.3) is 11.1 Å². The maximum Gasteiger partial charge on any atom is 0.264 e. The molecule has 6 nitrogen and oxygen atoms in total. The van der Waals surface area contributed by atoms with Crippen molar-refractivity contribution in [1.29, 1.82) is 0 Å². The van der Waals surface area contributed by atoms with Gasteiger partial charge in [0.2, 0.25) is 0 Å². The molecule has 172 valence electrons. The van der Waals surface area contributed by atoms with Gasteiger partial charge < -0.3 is 0 Å². The number of benzene rings is 1. The quantitative estimate of drug-likeness (QED) is 0.255. The summed E-state index contributed by atoms with van der Waals surface area (Å²) in [5, 5.41) is 2.98. The molecular weight excluding hydrogens is 497 g/mol. The fourth-order valence-corrected chi connectivity index (χ4v) is 9.43. The van der Waals surface area contributed by atoms with E-state index >= 15 is 0 Å². The Kier molecular flexibility index (Phi) is 3.64. The molecule has 0 aliphatic carbocycles. The lowest BCUT2D eigenvalue weighted by atomic mass is 10.0. The van der Waals surface area contributed by atoms with Gasteiger partial charge in [-0.3, -0.25) is 18.4 Å². The molecule has 8 rings (SSSR count). The summed E-state index contributed by atoms with van der Waals surface area (Å²) in [6, 6.07) is 3.66. The summed E-state index contributed by atoms with van der Waals surface area (Å²) in [5.74, 6) is 0. The SMILES string of the molecule is CCc1c(C)sc2nc3c4sc5c6c(ccc(c(=O)n3c12)c46)c(=O)n1c5nc2sc(C)c(CC)c21. The highest BCUT2D eigenvalue weighted by atomic mass is 32.1. The van der Waals surface area contributed by atoms with Gasteiger partial charge in [-0.2, -0.15) is 0 Å². The molecule has 0 unspecified atom stereocenters. The number of rotatable bonds is 2. The zero-order chi connectivity index (χ0) is 23.9. The van der Waals surface area contributed by atoms with Crippen molar-refractivity contribution in [1.82, 2.24) is 18.8 Å². The molecule has 0 bridgehead atoms. The summed E-state index contributed by atoms with van der Waals surface area (Å²) in [5.41, 5.74) is 5.49. The lowest BCUT2D eigenvalue weighted by Crippen LogP contribution is -2.15. The van der Waals surface area contributed by atoms with E-state index in [2.05, 4.69) is 27.7 Å². The summed E-state index contributed by atoms with van der Waals surface area (Å²) in [6.45, 7) is 8.43. The zero-order valence-electron chi connectivity index (χ0n) is 19.4. The van der Waals surface area contributed by atoms with E-state index in [1.165, 1.54) is 20.9 Å². The third kappa shape index (κ3) is 2.13. The van der Waals surface area contributed by atoms with E-state index in [-0.39, 0.29) is 11.1 Å². The maximum atomic E-state index is 13.8. The first kappa shape index (κ1) is 20.1. The molecule has 7 heterocycles. The van der Waals surface area contributed by atoms with Crippen LogP contribution in [0.1, 0.15) is 34.7 Å². The summed E-state index contributed by atoms with van der Waals surface area (Å²) in [4.78, 5) is 41.8. The lowest BCUT2D eigenvalue weighted by molar-refractivity contribution is 1.11. The number of nitrogens with zero attached hydrogens (tertiary/aromatic N) is 4. The smallest absolute Gasteiger partial charge is 0.264 e. The Morgan fingerprint density at radius 1 is 0.714 bits per heavy atom. The number of hydrogen-bond donors (Lipinski definition) is 0. The van der Waals surface area contributed by atoms with Gasteiger partial charge >= 0.3 is 0 Å². The summed E-state index contributed by atoms with van der Waals surface area (Å²) in [7, 11) is 0. The van der Waals surface area contributed by atoms with Crippen LogP contribution in [0.2, 0.25) is 0 Å². The van der Waals surface area contributed by atoms with Gasteiger partial charge in [-0.25, -0.2) is 9.97 Å². The van der Waals surface area contributed by atoms with Crippen LogP contribution >= 0.6 is 34.0 Å². The van der Waals surface area contributed by atoms with Crippen molar-refractivity contribution in [3.8, 4) is 0 Å². The molecule has 0 saturated carbocycles. The van der Waals surface area contributed by atoms with Crippen molar-refractivity contribution < 1.29 is 0 Å². The van der Waals surface area contributed by atoms with E-state index in [0.717, 1.165) is 53.7 Å². The van der Waals surface area contributed by atoms with Crippen molar-refractivity contribution in [3.05, 3.63) is 53.7 Å². The third-order valence-corrected chi connectivity index (χ3v) is 10.7. The van der Waals surface area contributed by atoms with Gasteiger partial charge in [0.1, 0.15) is 9.66 Å². The molecule has 0 saturated heterocycles. The Labute approximate surface area is 209 Å². The van der Waals surface area contributed by atoms with Gasteiger partial charge in [-0.1, -0.05) is 13.8 Å². The van der Waals surface area contributed by atoms with E-state index < -0.39 is 0 Å². The first-order valence-corrected chi connectivity index (χ1v) is 14.1. The van der Waals surface area contributed by atoms with Crippen molar-refractivity contribution in [3.63, 3.8) is 0 Å². The van der Waals surface area contributed by atoms with Crippen LogP contribution in [0.3, 0.4) is 0 Å². The molecule has 0 N–H and O–H groups in total. The standard InChI is InChI=1S/C26H18N4O2S3/c1-5-11-9(3)33-23-17(11)29-21(27-23)19-15-13(25(29)31)7-8-14-16(15)20(35-19)22-28-24-18(30(22)26(14)32)12(6-2)10(4)34-24/h7-8H,5-6H2,1-4H3. The van der Waals surface area contributed by atoms with Crippen LogP contribution < -0.4 is 11.1 Å². The Morgan fingerprint density at radius 2 is 1.14 bits per heavy atom. The second-order valence-electron chi connectivity index (χ2n) is 9.11. The molecule has 0 atom stereocenters. The average Bonchev–Trinajstić information content (AvgIpc) is 3.60. The van der Waals surface area contributed by atoms with Crippen LogP contribution in [0.25, 0.3) is 62.9 Å². The van der Waals surface area contributed by atoms with Crippen molar-refractivity contribution in [2.45, 2.75) is 40.5 Å². The first-order valence-electron chi connectivity index (χ1n) is 11.7. The predicted molar refractivity (Wildman–Crippen MR) is 148 cm³/mol. The molecule has 0 aliphatic heterocycles. The number of pyridine rings is 2. The van der Waals surface area contributed by atoms with E-state index in [1.807, 2.05) is 12.1 Å². The molecule has 0 radical (unpaired) electrons. The fourth-order valence-electron chi connectivity index (χ4n) is 5.94. The Bertz CT molecular complexity index is 2150. The van der Waals surface area contributed by atoms with Crippen LogP contribution in [0, 0.1) is 13.8 Å². The van der Waals surface area contributed by atoms with Gasteiger partial charge in [0.15, 0.2) is 11.3 Å². The summed E-state index contributed by atoms with van der Waals surface area (Å²) < 4.78 is 5.51. The van der Waals surface area contributed by atoms with Gasteiger partial charge in [-0.05, 0) is 49.9 Å². The Morgan fingerprint density at radius 3 is 1.54 bits per heavy atom. The molecule has 0 fully saturated rings. The van der Waals surface area contributed by atoms with Crippen molar-refractivity contribution >= 4 is 96.9 Å². The number of aryl methyl sites for hydroxylation is 4. The monoisotopic (exact) mass is 514 g/mol. The molecule has 9 heteroatoms. The van der Waals surface area contributed by atoms with Crippen LogP contribution in [0.15, 0.2) is 21.7 Å². The number of thiophene rings is 3.